The van der Waals surface area contributed by atoms with E-state index >= 15 is 0 Å². The molecular formula is C14H18Cl3N7. The zero-order valence-corrected chi connectivity index (χ0v) is 14.9. The van der Waals surface area contributed by atoms with Crippen LogP contribution < -0.4 is 11.1 Å². The molecule has 1 aromatic carbocycles. The van der Waals surface area contributed by atoms with Crippen molar-refractivity contribution >= 4 is 42.9 Å². The monoisotopic (exact) mass is 389 g/mol. The Morgan fingerprint density at radius 3 is 2.46 bits per heavy atom. The smallest absolute Gasteiger partial charge is 0.199 e. The molecule has 10 heteroatoms. The Hall–Kier alpha value is -1.93. The van der Waals surface area contributed by atoms with Crippen LogP contribution in [0.3, 0.4) is 0 Å². The van der Waals surface area contributed by atoms with Gasteiger partial charge in [0.2, 0.25) is 0 Å². The van der Waals surface area contributed by atoms with E-state index in [1.807, 2.05) is 30.3 Å². The highest BCUT2D eigenvalue weighted by molar-refractivity contribution is 5.86. The van der Waals surface area contributed by atoms with Crippen LogP contribution in [0.4, 0.5) is 5.69 Å². The number of aromatic nitrogens is 5. The zero-order valence-electron chi connectivity index (χ0n) is 12.5. The normalized spacial score (nSPS) is 10.5. The third-order valence-electron chi connectivity index (χ3n) is 2.99. The molecule has 0 saturated heterocycles. The molecule has 0 fully saturated rings. The molecule has 0 saturated carbocycles. The van der Waals surface area contributed by atoms with Crippen LogP contribution in [0.5, 0.6) is 0 Å². The number of nitrogens with zero attached hydrogens (tertiary/aromatic N) is 4. The van der Waals surface area contributed by atoms with Crippen LogP contribution in [0.25, 0.3) is 11.5 Å². The molecule has 3 aromatic rings. The van der Waals surface area contributed by atoms with Gasteiger partial charge in [0.15, 0.2) is 5.82 Å². The van der Waals surface area contributed by atoms with Gasteiger partial charge in [-0.2, -0.15) is 5.10 Å². The Morgan fingerprint density at radius 2 is 1.83 bits per heavy atom. The van der Waals surface area contributed by atoms with Crippen molar-refractivity contribution in [2.24, 2.45) is 5.73 Å². The van der Waals surface area contributed by atoms with Crippen molar-refractivity contribution in [1.82, 2.24) is 25.1 Å². The Bertz CT molecular complexity index is 694. The van der Waals surface area contributed by atoms with Gasteiger partial charge in [-0.1, -0.05) is 18.2 Å². The molecule has 4 N–H and O–H groups in total. The van der Waals surface area contributed by atoms with Crippen molar-refractivity contribution in [3.05, 3.63) is 54.7 Å². The molecule has 2 heterocycles. The first kappa shape index (κ1) is 22.1. The highest BCUT2D eigenvalue weighted by Gasteiger charge is 2.15. The van der Waals surface area contributed by atoms with Crippen LogP contribution in [0.15, 0.2) is 48.9 Å². The lowest BCUT2D eigenvalue weighted by Gasteiger charge is -2.15. The van der Waals surface area contributed by atoms with Gasteiger partial charge in [-0.25, -0.2) is 15.0 Å². The molecule has 0 amide bonds. The van der Waals surface area contributed by atoms with Gasteiger partial charge in [-0.15, -0.1) is 37.2 Å². The van der Waals surface area contributed by atoms with Crippen molar-refractivity contribution < 1.29 is 0 Å². The van der Waals surface area contributed by atoms with E-state index in [1.54, 1.807) is 12.3 Å². The first-order valence-corrected chi connectivity index (χ1v) is 6.57. The van der Waals surface area contributed by atoms with Crippen LogP contribution in [-0.2, 0) is 0 Å². The highest BCUT2D eigenvalue weighted by atomic mass is 35.5. The minimum absolute atomic E-state index is 0. The average Bonchev–Trinajstić information content (AvgIpc) is 3.04. The zero-order chi connectivity index (χ0) is 14.5. The number of para-hydroxylation sites is 1. The molecule has 0 radical (unpaired) electrons. The van der Waals surface area contributed by atoms with E-state index < -0.39 is 0 Å². The highest BCUT2D eigenvalue weighted by Crippen LogP contribution is 2.18. The van der Waals surface area contributed by atoms with Gasteiger partial charge in [0, 0.05) is 18.4 Å². The van der Waals surface area contributed by atoms with E-state index in [2.05, 4.69) is 30.5 Å². The van der Waals surface area contributed by atoms with Gasteiger partial charge in [0.05, 0.1) is 6.04 Å². The summed E-state index contributed by atoms with van der Waals surface area (Å²) in [5.41, 5.74) is 7.47. The van der Waals surface area contributed by atoms with Gasteiger partial charge in [0.25, 0.3) is 0 Å². The third kappa shape index (κ3) is 5.31. The summed E-state index contributed by atoms with van der Waals surface area (Å²) >= 11 is 0. The number of nitrogens with two attached hydrogens (primary N) is 1. The summed E-state index contributed by atoms with van der Waals surface area (Å²) in [5, 5.41) is 10.4. The lowest BCUT2D eigenvalue weighted by atomic mass is 10.2. The predicted octanol–water partition coefficient (Wildman–Crippen LogP) is 2.64. The topological polar surface area (TPSA) is 105 Å². The molecule has 0 aliphatic heterocycles. The molecule has 1 unspecified atom stereocenters. The van der Waals surface area contributed by atoms with Gasteiger partial charge in [-0.05, 0) is 18.2 Å². The van der Waals surface area contributed by atoms with E-state index in [9.17, 15) is 0 Å². The number of H-pyrrole nitrogens is 1. The molecule has 0 bridgehead atoms. The van der Waals surface area contributed by atoms with Crippen LogP contribution in [0, 0.1) is 0 Å². The van der Waals surface area contributed by atoms with Crippen molar-refractivity contribution in [1.29, 1.82) is 0 Å². The number of halogens is 3. The fraction of sp³-hybridized carbons (Fsp3) is 0.143. The SMILES string of the molecule is Cl.Cl.Cl.NCC(Nc1ccccc1)c1nc(-c2ccncn2)n[nH]1. The number of hydrogen-bond acceptors (Lipinski definition) is 6. The molecule has 0 aliphatic carbocycles. The molecule has 130 valence electrons. The summed E-state index contributed by atoms with van der Waals surface area (Å²) in [6.07, 6.45) is 3.12. The van der Waals surface area contributed by atoms with Gasteiger partial charge in [0.1, 0.15) is 17.8 Å². The lowest BCUT2D eigenvalue weighted by Crippen LogP contribution is -2.21. The number of anilines is 1. The van der Waals surface area contributed by atoms with Crippen molar-refractivity contribution in [3.8, 4) is 11.5 Å². The van der Waals surface area contributed by atoms with E-state index in [0.29, 0.717) is 23.9 Å². The number of rotatable bonds is 5. The maximum absolute atomic E-state index is 5.82. The fourth-order valence-electron chi connectivity index (χ4n) is 1.94. The second kappa shape index (κ2) is 10.8. The fourth-order valence-corrected chi connectivity index (χ4v) is 1.94. The number of benzene rings is 1. The van der Waals surface area contributed by atoms with Gasteiger partial charge >= 0.3 is 0 Å². The largest absolute Gasteiger partial charge is 0.374 e. The summed E-state index contributed by atoms with van der Waals surface area (Å²) in [7, 11) is 0. The van der Waals surface area contributed by atoms with Crippen LogP contribution >= 0.6 is 37.2 Å². The van der Waals surface area contributed by atoms with Crippen molar-refractivity contribution in [2.45, 2.75) is 6.04 Å². The average molecular weight is 391 g/mol. The Labute approximate surface area is 158 Å². The number of nitrogens with one attached hydrogen (secondary N) is 2. The first-order chi connectivity index (χ1) is 10.4. The minimum Gasteiger partial charge on any atom is -0.374 e. The Balaban J connectivity index is 0.00000176. The quantitative estimate of drug-likeness (QED) is 0.618. The first-order valence-electron chi connectivity index (χ1n) is 6.57. The van der Waals surface area contributed by atoms with E-state index in [4.69, 9.17) is 5.73 Å². The molecule has 7 nitrogen and oxygen atoms in total. The van der Waals surface area contributed by atoms with E-state index in [0.717, 1.165) is 5.69 Å². The molecule has 2 aromatic heterocycles. The van der Waals surface area contributed by atoms with Gasteiger partial charge in [-0.3, -0.25) is 5.10 Å². The van der Waals surface area contributed by atoms with Crippen LogP contribution in [-0.4, -0.2) is 31.7 Å². The summed E-state index contributed by atoms with van der Waals surface area (Å²) in [6.45, 7) is 0.396. The van der Waals surface area contributed by atoms with Crippen molar-refractivity contribution in [3.63, 3.8) is 0 Å². The molecule has 1 atom stereocenters. The second-order valence-corrected chi connectivity index (χ2v) is 4.44. The molecular weight excluding hydrogens is 373 g/mol. The lowest BCUT2D eigenvalue weighted by molar-refractivity contribution is 0.730. The van der Waals surface area contributed by atoms with Gasteiger partial charge < -0.3 is 11.1 Å². The standard InChI is InChI=1S/C14H15N7.3ClH/c15-8-12(18-10-4-2-1-3-5-10)14-19-13(20-21-14)11-6-7-16-9-17-11;;;/h1-7,9,12,18H,8,15H2,(H,19,20,21);3*1H. The molecule has 24 heavy (non-hydrogen) atoms. The summed E-state index contributed by atoms with van der Waals surface area (Å²) < 4.78 is 0. The number of aromatic amines is 1. The van der Waals surface area contributed by atoms with Crippen molar-refractivity contribution in [2.75, 3.05) is 11.9 Å². The van der Waals surface area contributed by atoms with Crippen LogP contribution in [0.2, 0.25) is 0 Å². The maximum atomic E-state index is 5.82. The predicted molar refractivity (Wildman–Crippen MR) is 101 cm³/mol. The van der Waals surface area contributed by atoms with Crippen LogP contribution in [0.1, 0.15) is 11.9 Å². The molecule has 0 spiro atoms. The number of hydrogen-bond donors (Lipinski definition) is 3. The summed E-state index contributed by atoms with van der Waals surface area (Å²) in [4.78, 5) is 12.4. The minimum atomic E-state index is -0.143. The maximum Gasteiger partial charge on any atom is 0.199 e. The summed E-state index contributed by atoms with van der Waals surface area (Å²) in [5.74, 6) is 1.20. The molecule has 3 rings (SSSR count). The van der Waals surface area contributed by atoms with E-state index in [-0.39, 0.29) is 43.3 Å². The Kier molecular flexibility index (Phi) is 9.91. The third-order valence-corrected chi connectivity index (χ3v) is 2.99. The Morgan fingerprint density at radius 1 is 1.08 bits per heavy atom. The second-order valence-electron chi connectivity index (χ2n) is 4.44. The van der Waals surface area contributed by atoms with E-state index in [1.165, 1.54) is 6.33 Å². The molecule has 0 aliphatic rings. The summed E-state index contributed by atoms with van der Waals surface area (Å²) in [6, 6.07) is 11.5.